The molecule has 0 radical (unpaired) electrons. The summed E-state index contributed by atoms with van der Waals surface area (Å²) in [6, 6.07) is 5.82. The number of benzene rings is 1. The summed E-state index contributed by atoms with van der Waals surface area (Å²) in [5, 5.41) is 9.89. The molecule has 140 valence electrons. The summed E-state index contributed by atoms with van der Waals surface area (Å²) < 4.78 is 30.9. The molecule has 0 spiro atoms. The lowest BCUT2D eigenvalue weighted by Gasteiger charge is -2.07. The molecule has 0 unspecified atom stereocenters. The second-order valence-corrected chi connectivity index (χ2v) is 6.66. The van der Waals surface area contributed by atoms with Gasteiger partial charge in [0.15, 0.2) is 5.82 Å². The van der Waals surface area contributed by atoms with Crippen molar-refractivity contribution in [1.29, 1.82) is 0 Å². The second kappa shape index (κ2) is 8.40. The number of nitrogens with one attached hydrogen (secondary N) is 2. The molecule has 26 heavy (non-hydrogen) atoms. The standard InChI is InChI=1S/C14H18N6O5S/c1-2-25-14(22)17-12-8-16-20(18-12)9-13(21)19-26(23,24)11-5-3-10(7-15)4-6-11/h3-6,8H,2,7,9,15H2,1H3,(H,19,21)(H,17,18,22). The van der Waals surface area contributed by atoms with Crippen molar-refractivity contribution in [1.82, 2.24) is 19.7 Å². The van der Waals surface area contributed by atoms with Crippen molar-refractivity contribution in [2.75, 3.05) is 11.9 Å². The Labute approximate surface area is 149 Å². The number of hydrogen-bond donors (Lipinski definition) is 3. The quantitative estimate of drug-likeness (QED) is 0.594. The Morgan fingerprint density at radius 3 is 2.58 bits per heavy atom. The molecule has 0 aliphatic carbocycles. The van der Waals surface area contributed by atoms with Gasteiger partial charge < -0.3 is 10.5 Å². The molecule has 0 saturated carbocycles. The van der Waals surface area contributed by atoms with Crippen molar-refractivity contribution < 1.29 is 22.7 Å². The van der Waals surface area contributed by atoms with Crippen LogP contribution in [0.15, 0.2) is 35.4 Å². The van der Waals surface area contributed by atoms with Gasteiger partial charge in [0.2, 0.25) is 0 Å². The number of carbonyl (C=O) groups is 2. The van der Waals surface area contributed by atoms with Gasteiger partial charge in [0, 0.05) is 6.54 Å². The average Bonchev–Trinajstić information content (AvgIpc) is 3.01. The minimum atomic E-state index is -4.02. The van der Waals surface area contributed by atoms with Crippen molar-refractivity contribution in [3.05, 3.63) is 36.0 Å². The van der Waals surface area contributed by atoms with E-state index >= 15 is 0 Å². The van der Waals surface area contributed by atoms with Crippen LogP contribution in [-0.2, 0) is 32.6 Å². The zero-order chi connectivity index (χ0) is 19.2. The van der Waals surface area contributed by atoms with E-state index in [9.17, 15) is 18.0 Å². The number of amides is 2. The van der Waals surface area contributed by atoms with Gasteiger partial charge in [-0.05, 0) is 24.6 Å². The van der Waals surface area contributed by atoms with E-state index in [1.807, 2.05) is 4.72 Å². The summed E-state index contributed by atoms with van der Waals surface area (Å²) in [6.07, 6.45) is 0.483. The summed E-state index contributed by atoms with van der Waals surface area (Å²) in [7, 11) is -4.02. The SMILES string of the molecule is CCOC(=O)Nc1cnn(CC(=O)NS(=O)(=O)c2ccc(CN)cc2)n1. The average molecular weight is 382 g/mol. The van der Waals surface area contributed by atoms with E-state index < -0.39 is 28.6 Å². The van der Waals surface area contributed by atoms with Crippen molar-refractivity contribution in [2.24, 2.45) is 5.73 Å². The Hall–Kier alpha value is -2.99. The first-order valence-electron chi connectivity index (χ1n) is 7.52. The van der Waals surface area contributed by atoms with Crippen molar-refractivity contribution >= 4 is 27.8 Å². The number of rotatable bonds is 7. The summed E-state index contributed by atoms with van der Waals surface area (Å²) >= 11 is 0. The first kappa shape index (κ1) is 19.3. The van der Waals surface area contributed by atoms with Crippen LogP contribution in [0.25, 0.3) is 0 Å². The van der Waals surface area contributed by atoms with Gasteiger partial charge in [-0.2, -0.15) is 9.90 Å². The van der Waals surface area contributed by atoms with Gasteiger partial charge in [0.25, 0.3) is 15.9 Å². The van der Waals surface area contributed by atoms with Crippen molar-refractivity contribution in [3.8, 4) is 0 Å². The van der Waals surface area contributed by atoms with Gasteiger partial charge in [-0.15, -0.1) is 5.10 Å². The molecule has 0 atom stereocenters. The summed E-state index contributed by atoms with van der Waals surface area (Å²) in [6.45, 7) is 1.65. The molecule has 1 aromatic heterocycles. The molecule has 1 heterocycles. The normalized spacial score (nSPS) is 11.0. The first-order chi connectivity index (χ1) is 12.3. The number of ether oxygens (including phenoxy) is 1. The number of sulfonamides is 1. The maximum atomic E-state index is 12.2. The number of aromatic nitrogens is 3. The van der Waals surface area contributed by atoms with Crippen LogP contribution in [0.2, 0.25) is 0 Å². The lowest BCUT2D eigenvalue weighted by molar-refractivity contribution is -0.120. The van der Waals surface area contributed by atoms with Crippen LogP contribution in [0.3, 0.4) is 0 Å². The molecule has 2 aromatic rings. The van der Waals surface area contributed by atoms with Crippen LogP contribution < -0.4 is 15.8 Å². The molecule has 2 rings (SSSR count). The van der Waals surface area contributed by atoms with Crippen molar-refractivity contribution in [3.63, 3.8) is 0 Å². The molecule has 1 aromatic carbocycles. The second-order valence-electron chi connectivity index (χ2n) is 4.98. The fraction of sp³-hybridized carbons (Fsp3) is 0.286. The van der Waals surface area contributed by atoms with E-state index in [1.165, 1.54) is 18.3 Å². The zero-order valence-electron chi connectivity index (χ0n) is 13.9. The van der Waals surface area contributed by atoms with Crippen LogP contribution in [0.5, 0.6) is 0 Å². The third kappa shape index (κ3) is 5.26. The van der Waals surface area contributed by atoms with Gasteiger partial charge in [-0.3, -0.25) is 10.1 Å². The number of nitrogens with zero attached hydrogens (tertiary/aromatic N) is 3. The highest BCUT2D eigenvalue weighted by Gasteiger charge is 2.18. The van der Waals surface area contributed by atoms with Gasteiger partial charge in [-0.25, -0.2) is 17.9 Å². The Balaban J connectivity index is 1.97. The van der Waals surface area contributed by atoms with Crippen molar-refractivity contribution in [2.45, 2.75) is 24.9 Å². The number of anilines is 1. The van der Waals surface area contributed by atoms with Gasteiger partial charge >= 0.3 is 6.09 Å². The highest BCUT2D eigenvalue weighted by molar-refractivity contribution is 7.90. The lowest BCUT2D eigenvalue weighted by atomic mass is 10.2. The predicted octanol–water partition coefficient (Wildman–Crippen LogP) is -0.190. The molecule has 11 nitrogen and oxygen atoms in total. The first-order valence-corrected chi connectivity index (χ1v) is 9.01. The van der Waals surface area contributed by atoms with Gasteiger partial charge in [0.05, 0.1) is 17.7 Å². The third-order valence-electron chi connectivity index (χ3n) is 3.04. The smallest absolute Gasteiger partial charge is 0.412 e. The summed E-state index contributed by atoms with van der Waals surface area (Å²) in [5.41, 5.74) is 6.22. The Kier molecular flexibility index (Phi) is 6.25. The van der Waals surface area contributed by atoms with Crippen LogP contribution in [-0.4, -0.2) is 42.0 Å². The van der Waals surface area contributed by atoms with Crippen LogP contribution >= 0.6 is 0 Å². The van der Waals surface area contributed by atoms with E-state index in [0.717, 1.165) is 10.4 Å². The monoisotopic (exact) mass is 382 g/mol. The molecule has 0 saturated heterocycles. The topological polar surface area (TPSA) is 158 Å². The molecule has 0 aliphatic heterocycles. The molecule has 12 heteroatoms. The molecule has 0 aliphatic rings. The molecule has 0 bridgehead atoms. The summed E-state index contributed by atoms with van der Waals surface area (Å²) in [4.78, 5) is 24.1. The number of carbonyl (C=O) groups excluding carboxylic acids is 2. The number of hydrogen-bond acceptors (Lipinski definition) is 8. The van der Waals surface area contributed by atoms with E-state index in [1.54, 1.807) is 19.1 Å². The molecule has 4 N–H and O–H groups in total. The fourth-order valence-electron chi connectivity index (χ4n) is 1.88. The Bertz CT molecular complexity index is 877. The third-order valence-corrected chi connectivity index (χ3v) is 4.43. The minimum Gasteiger partial charge on any atom is -0.450 e. The van der Waals surface area contributed by atoms with Crippen LogP contribution in [0, 0.1) is 0 Å². The largest absolute Gasteiger partial charge is 0.450 e. The zero-order valence-corrected chi connectivity index (χ0v) is 14.7. The van der Waals surface area contributed by atoms with Crippen LogP contribution in [0.4, 0.5) is 10.6 Å². The minimum absolute atomic E-state index is 0.0662. The van der Waals surface area contributed by atoms with E-state index in [-0.39, 0.29) is 23.9 Å². The fourth-order valence-corrected chi connectivity index (χ4v) is 2.85. The lowest BCUT2D eigenvalue weighted by Crippen LogP contribution is -2.34. The molecular weight excluding hydrogens is 364 g/mol. The highest BCUT2D eigenvalue weighted by Crippen LogP contribution is 2.10. The van der Waals surface area contributed by atoms with E-state index in [0.29, 0.717) is 0 Å². The van der Waals surface area contributed by atoms with Gasteiger partial charge in [-0.1, -0.05) is 12.1 Å². The van der Waals surface area contributed by atoms with E-state index in [2.05, 4.69) is 20.3 Å². The molecule has 0 fully saturated rings. The molecular formula is C14H18N6O5S. The maximum Gasteiger partial charge on any atom is 0.412 e. The Morgan fingerprint density at radius 1 is 1.27 bits per heavy atom. The Morgan fingerprint density at radius 2 is 1.96 bits per heavy atom. The number of nitrogens with two attached hydrogens (primary N) is 1. The molecule has 2 amide bonds. The summed E-state index contributed by atoms with van der Waals surface area (Å²) in [5.74, 6) is -0.775. The van der Waals surface area contributed by atoms with Gasteiger partial charge in [0.1, 0.15) is 6.54 Å². The predicted molar refractivity (Wildman–Crippen MR) is 90.3 cm³/mol. The van der Waals surface area contributed by atoms with E-state index in [4.69, 9.17) is 5.73 Å². The van der Waals surface area contributed by atoms with Crippen LogP contribution in [0.1, 0.15) is 12.5 Å². The maximum absolute atomic E-state index is 12.2. The highest BCUT2D eigenvalue weighted by atomic mass is 32.2.